The Labute approximate surface area is 117 Å². The Morgan fingerprint density at radius 1 is 1.44 bits per heavy atom. The molecule has 1 aromatic heterocycles. The quantitative estimate of drug-likeness (QED) is 0.934. The Balaban J connectivity index is 1.83. The van der Waals surface area contributed by atoms with Gasteiger partial charge in [-0.1, -0.05) is 22.0 Å². The van der Waals surface area contributed by atoms with E-state index in [1.54, 1.807) is 11.8 Å². The second kappa shape index (κ2) is 4.99. The molecular formula is C11H12BrN5S. The molecule has 0 atom stereocenters. The van der Waals surface area contributed by atoms with Gasteiger partial charge in [0.05, 0.1) is 6.04 Å². The molecule has 2 aromatic rings. The van der Waals surface area contributed by atoms with E-state index < -0.39 is 0 Å². The molecule has 1 aliphatic carbocycles. The minimum Gasteiger partial charge on any atom is -0.326 e. The van der Waals surface area contributed by atoms with Crippen molar-refractivity contribution in [1.82, 2.24) is 20.2 Å². The van der Waals surface area contributed by atoms with Crippen LogP contribution in [0.4, 0.5) is 0 Å². The van der Waals surface area contributed by atoms with E-state index in [2.05, 4.69) is 37.5 Å². The predicted molar refractivity (Wildman–Crippen MR) is 72.2 cm³/mol. The Morgan fingerprint density at radius 3 is 2.94 bits per heavy atom. The predicted octanol–water partition coefficient (Wildman–Crippen LogP) is 2.38. The average Bonchev–Trinajstić information content (AvgIpc) is 3.11. The summed E-state index contributed by atoms with van der Waals surface area (Å²) < 4.78 is 2.94. The summed E-state index contributed by atoms with van der Waals surface area (Å²) in [6.07, 6.45) is 2.35. The molecule has 5 nitrogen and oxygen atoms in total. The molecule has 0 unspecified atom stereocenters. The number of aromatic nitrogens is 4. The van der Waals surface area contributed by atoms with E-state index in [4.69, 9.17) is 5.73 Å². The van der Waals surface area contributed by atoms with Gasteiger partial charge in [-0.15, -0.1) is 5.10 Å². The molecule has 3 rings (SSSR count). The van der Waals surface area contributed by atoms with Crippen molar-refractivity contribution in [3.8, 4) is 0 Å². The Hall–Kier alpha value is -0.920. The number of benzene rings is 1. The molecule has 18 heavy (non-hydrogen) atoms. The van der Waals surface area contributed by atoms with E-state index in [-0.39, 0.29) is 0 Å². The van der Waals surface area contributed by atoms with Crippen LogP contribution in [0.25, 0.3) is 0 Å². The minimum atomic E-state index is 0.495. The van der Waals surface area contributed by atoms with Gasteiger partial charge >= 0.3 is 0 Å². The fourth-order valence-electron chi connectivity index (χ4n) is 1.66. The first-order valence-corrected chi connectivity index (χ1v) is 7.33. The summed E-state index contributed by atoms with van der Waals surface area (Å²) in [4.78, 5) is 1.11. The van der Waals surface area contributed by atoms with Gasteiger partial charge in [0.1, 0.15) is 0 Å². The van der Waals surface area contributed by atoms with Crippen LogP contribution in [-0.4, -0.2) is 20.2 Å². The highest BCUT2D eigenvalue weighted by molar-refractivity contribution is 9.10. The zero-order valence-electron chi connectivity index (χ0n) is 9.58. The highest BCUT2D eigenvalue weighted by Gasteiger charge is 2.28. The second-order valence-corrected chi connectivity index (χ2v) is 6.09. The maximum absolute atomic E-state index is 5.64. The fraction of sp³-hybridized carbons (Fsp3) is 0.364. The van der Waals surface area contributed by atoms with Crippen LogP contribution in [0.2, 0.25) is 0 Å². The van der Waals surface area contributed by atoms with Crippen molar-refractivity contribution in [1.29, 1.82) is 0 Å². The number of hydrogen-bond acceptors (Lipinski definition) is 5. The van der Waals surface area contributed by atoms with E-state index in [1.165, 1.54) is 12.8 Å². The van der Waals surface area contributed by atoms with Crippen LogP contribution in [0.1, 0.15) is 24.4 Å². The summed E-state index contributed by atoms with van der Waals surface area (Å²) in [5.74, 6) is 0. The van der Waals surface area contributed by atoms with Gasteiger partial charge in [0.15, 0.2) is 0 Å². The lowest BCUT2D eigenvalue weighted by molar-refractivity contribution is 0.565. The lowest BCUT2D eigenvalue weighted by Crippen LogP contribution is -1.99. The van der Waals surface area contributed by atoms with Gasteiger partial charge in [0, 0.05) is 15.9 Å². The molecule has 1 aliphatic rings. The Bertz CT molecular complexity index is 566. The normalized spacial score (nSPS) is 15.0. The zero-order chi connectivity index (χ0) is 12.5. The van der Waals surface area contributed by atoms with Crippen LogP contribution in [0, 0.1) is 0 Å². The fourth-order valence-corrected chi connectivity index (χ4v) is 3.24. The third kappa shape index (κ3) is 2.43. The van der Waals surface area contributed by atoms with Gasteiger partial charge in [-0.3, -0.25) is 0 Å². The van der Waals surface area contributed by atoms with E-state index in [0.717, 1.165) is 20.1 Å². The third-order valence-electron chi connectivity index (χ3n) is 2.81. The molecular weight excluding hydrogens is 314 g/mol. The molecule has 2 N–H and O–H groups in total. The first-order chi connectivity index (χ1) is 8.78. The van der Waals surface area contributed by atoms with Gasteiger partial charge in [0.25, 0.3) is 0 Å². The number of nitrogens with two attached hydrogens (primary N) is 1. The zero-order valence-corrected chi connectivity index (χ0v) is 12.0. The smallest absolute Gasteiger partial charge is 0.214 e. The van der Waals surface area contributed by atoms with Crippen molar-refractivity contribution >= 4 is 27.7 Å². The van der Waals surface area contributed by atoms with E-state index in [0.29, 0.717) is 12.6 Å². The van der Waals surface area contributed by atoms with Gasteiger partial charge in [-0.2, -0.15) is 0 Å². The van der Waals surface area contributed by atoms with Crippen LogP contribution in [-0.2, 0) is 6.54 Å². The first kappa shape index (κ1) is 12.1. The standard InChI is InChI=1S/C11H12BrN5S/c12-10-5-9(4-1-7(10)6-13)18-11-14-15-16-17(11)8-2-3-8/h1,4-5,8H,2-3,6,13H2. The topological polar surface area (TPSA) is 69.6 Å². The van der Waals surface area contributed by atoms with Crippen molar-refractivity contribution < 1.29 is 0 Å². The lowest BCUT2D eigenvalue weighted by Gasteiger charge is -2.05. The SMILES string of the molecule is NCc1ccc(Sc2nnnn2C2CC2)cc1Br. The number of hydrogen-bond donors (Lipinski definition) is 1. The van der Waals surface area contributed by atoms with E-state index in [1.807, 2.05) is 16.8 Å². The summed E-state index contributed by atoms with van der Waals surface area (Å²) >= 11 is 5.10. The highest BCUT2D eigenvalue weighted by atomic mass is 79.9. The number of halogens is 1. The van der Waals surface area contributed by atoms with Crippen molar-refractivity contribution in [2.75, 3.05) is 0 Å². The maximum Gasteiger partial charge on any atom is 0.214 e. The summed E-state index contributed by atoms with van der Waals surface area (Å²) in [5.41, 5.74) is 6.73. The summed E-state index contributed by atoms with van der Waals surface area (Å²) in [6.45, 7) is 0.533. The summed E-state index contributed by atoms with van der Waals surface area (Å²) in [7, 11) is 0. The van der Waals surface area contributed by atoms with Crippen LogP contribution in [0.15, 0.2) is 32.7 Å². The van der Waals surface area contributed by atoms with Crippen molar-refractivity contribution in [2.24, 2.45) is 5.73 Å². The van der Waals surface area contributed by atoms with E-state index in [9.17, 15) is 0 Å². The monoisotopic (exact) mass is 325 g/mol. The molecule has 0 aliphatic heterocycles. The summed E-state index contributed by atoms with van der Waals surface area (Å²) in [5, 5.41) is 12.7. The van der Waals surface area contributed by atoms with Gasteiger partial charge in [0.2, 0.25) is 5.16 Å². The second-order valence-electron chi connectivity index (χ2n) is 4.20. The molecule has 1 aromatic carbocycles. The number of rotatable bonds is 4. The molecule has 1 heterocycles. The van der Waals surface area contributed by atoms with Gasteiger partial charge in [-0.05, 0) is 52.7 Å². The summed E-state index contributed by atoms with van der Waals surface area (Å²) in [6, 6.07) is 6.62. The largest absolute Gasteiger partial charge is 0.326 e. The molecule has 0 spiro atoms. The van der Waals surface area contributed by atoms with Gasteiger partial charge in [-0.25, -0.2) is 4.68 Å². The molecule has 1 saturated carbocycles. The Morgan fingerprint density at radius 2 is 2.28 bits per heavy atom. The molecule has 7 heteroatoms. The lowest BCUT2D eigenvalue weighted by atomic mass is 10.2. The maximum atomic E-state index is 5.64. The van der Waals surface area contributed by atoms with Crippen LogP contribution < -0.4 is 5.73 Å². The minimum absolute atomic E-state index is 0.495. The van der Waals surface area contributed by atoms with Crippen molar-refractivity contribution in [3.63, 3.8) is 0 Å². The molecule has 0 saturated heterocycles. The van der Waals surface area contributed by atoms with Crippen molar-refractivity contribution in [2.45, 2.75) is 35.5 Å². The van der Waals surface area contributed by atoms with E-state index >= 15 is 0 Å². The van der Waals surface area contributed by atoms with Crippen LogP contribution in [0.3, 0.4) is 0 Å². The molecule has 94 valence electrons. The molecule has 1 fully saturated rings. The number of tetrazole rings is 1. The van der Waals surface area contributed by atoms with Gasteiger partial charge < -0.3 is 5.73 Å². The number of nitrogens with zero attached hydrogens (tertiary/aromatic N) is 4. The molecule has 0 radical (unpaired) electrons. The molecule has 0 amide bonds. The molecule has 0 bridgehead atoms. The first-order valence-electron chi connectivity index (χ1n) is 5.72. The highest BCUT2D eigenvalue weighted by Crippen LogP contribution is 2.38. The third-order valence-corrected chi connectivity index (χ3v) is 4.49. The van der Waals surface area contributed by atoms with Crippen LogP contribution >= 0.6 is 27.7 Å². The Kier molecular flexibility index (Phi) is 3.36. The van der Waals surface area contributed by atoms with Crippen LogP contribution in [0.5, 0.6) is 0 Å². The van der Waals surface area contributed by atoms with Crippen molar-refractivity contribution in [3.05, 3.63) is 28.2 Å². The average molecular weight is 326 g/mol.